The Bertz CT molecular complexity index is 1970. The second-order valence-electron chi connectivity index (χ2n) is 13.4. The molecule has 1 aromatic heterocycles. The molecule has 57 heavy (non-hydrogen) atoms. The number of anilines is 1. The fourth-order valence-electron chi connectivity index (χ4n) is 6.32. The number of hydrazone groups is 1. The zero-order chi connectivity index (χ0) is 39.8. The summed E-state index contributed by atoms with van der Waals surface area (Å²) in [6.45, 7) is 5.84. The zero-order valence-corrected chi connectivity index (χ0v) is 32.3. The first-order chi connectivity index (χ1) is 27.9. The van der Waals surface area contributed by atoms with Gasteiger partial charge in [-0.25, -0.2) is 14.8 Å². The molecule has 15 heteroatoms. The number of esters is 3. The van der Waals surface area contributed by atoms with Crippen LogP contribution in [0.3, 0.4) is 0 Å². The third kappa shape index (κ3) is 12.2. The number of ether oxygens (including phenoxy) is 7. The molecule has 0 bridgehead atoms. The number of thiazole rings is 1. The summed E-state index contributed by atoms with van der Waals surface area (Å²) in [5.74, 6) is -0.382. The Labute approximate surface area is 334 Å². The smallest absolute Gasteiger partial charge is 0.330 e. The van der Waals surface area contributed by atoms with E-state index in [9.17, 15) is 19.2 Å². The Balaban J connectivity index is 0.993. The van der Waals surface area contributed by atoms with Crippen molar-refractivity contribution >= 4 is 57.3 Å². The summed E-state index contributed by atoms with van der Waals surface area (Å²) in [6, 6.07) is 19.3. The number of aromatic nitrogens is 1. The van der Waals surface area contributed by atoms with Crippen molar-refractivity contribution in [1.29, 1.82) is 0 Å². The van der Waals surface area contributed by atoms with Crippen LogP contribution in [0.1, 0.15) is 56.9 Å². The predicted octanol–water partition coefficient (Wildman–Crippen LogP) is 7.03. The van der Waals surface area contributed by atoms with E-state index in [1.54, 1.807) is 41.4 Å². The highest BCUT2D eigenvalue weighted by Crippen LogP contribution is 2.34. The SMILES string of the molecule is C=CC(=O)OCCCCCCOc1ccc(OC(=O)C2CCC(C(=O)Oc3ccc(OC=O)cc3/C=N/N(CC3OCCO3)c3nc4ccccc4s3)CC2)cc1. The Morgan fingerprint density at radius 3 is 2.21 bits per heavy atom. The molecule has 1 aliphatic carbocycles. The molecule has 2 fully saturated rings. The molecule has 3 aromatic carbocycles. The molecule has 2 aliphatic rings. The van der Waals surface area contributed by atoms with Crippen LogP contribution in [0, 0.1) is 11.8 Å². The van der Waals surface area contributed by atoms with E-state index in [4.69, 9.17) is 43.2 Å². The number of para-hydroxylation sites is 1. The van der Waals surface area contributed by atoms with Gasteiger partial charge in [-0.2, -0.15) is 5.10 Å². The summed E-state index contributed by atoms with van der Waals surface area (Å²) in [5, 5.41) is 6.98. The average Bonchev–Trinajstić information content (AvgIpc) is 3.92. The number of carbonyl (C=O) groups excluding carboxylic acids is 4. The maximum Gasteiger partial charge on any atom is 0.330 e. The molecule has 2 heterocycles. The second-order valence-corrected chi connectivity index (χ2v) is 14.4. The van der Waals surface area contributed by atoms with Crippen molar-refractivity contribution in [3.8, 4) is 23.0 Å². The molecule has 0 spiro atoms. The number of carbonyl (C=O) groups is 4. The van der Waals surface area contributed by atoms with E-state index in [1.165, 1.54) is 23.6 Å². The number of fused-ring (bicyclic) bond motifs is 1. The fourth-order valence-corrected chi connectivity index (χ4v) is 7.25. The Hall–Kier alpha value is -5.64. The minimum Gasteiger partial charge on any atom is -0.494 e. The van der Waals surface area contributed by atoms with Gasteiger partial charge < -0.3 is 33.2 Å². The van der Waals surface area contributed by atoms with Gasteiger partial charge in [0, 0.05) is 11.6 Å². The first kappa shape index (κ1) is 41.0. The molecule has 1 saturated carbocycles. The Morgan fingerprint density at radius 1 is 0.842 bits per heavy atom. The first-order valence-electron chi connectivity index (χ1n) is 19.0. The molecular formula is C42H45N3O11S. The third-order valence-electron chi connectivity index (χ3n) is 9.38. The molecule has 300 valence electrons. The van der Waals surface area contributed by atoms with Crippen LogP contribution in [0.2, 0.25) is 0 Å². The summed E-state index contributed by atoms with van der Waals surface area (Å²) in [7, 11) is 0. The van der Waals surface area contributed by atoms with Gasteiger partial charge in [0.2, 0.25) is 5.13 Å². The van der Waals surface area contributed by atoms with Crippen LogP contribution in [0.4, 0.5) is 5.13 Å². The van der Waals surface area contributed by atoms with Crippen LogP contribution in [0.5, 0.6) is 23.0 Å². The number of unbranched alkanes of at least 4 members (excludes halogenated alkanes) is 3. The largest absolute Gasteiger partial charge is 0.494 e. The summed E-state index contributed by atoms with van der Waals surface area (Å²) in [6.07, 6.45) is 7.53. The van der Waals surface area contributed by atoms with Gasteiger partial charge in [0.1, 0.15) is 23.0 Å². The minimum atomic E-state index is -0.509. The number of benzene rings is 3. The second kappa shape index (κ2) is 21.0. The molecule has 0 radical (unpaired) electrons. The number of hydrogen-bond acceptors (Lipinski definition) is 15. The van der Waals surface area contributed by atoms with Gasteiger partial charge in [-0.3, -0.25) is 14.4 Å². The normalized spacial score (nSPS) is 16.9. The highest BCUT2D eigenvalue weighted by Gasteiger charge is 2.32. The summed E-state index contributed by atoms with van der Waals surface area (Å²) < 4.78 is 39.8. The third-order valence-corrected chi connectivity index (χ3v) is 10.4. The summed E-state index contributed by atoms with van der Waals surface area (Å²) in [5.41, 5.74) is 1.23. The van der Waals surface area contributed by atoms with Crippen LogP contribution >= 0.6 is 11.3 Å². The molecule has 0 unspecified atom stereocenters. The molecule has 0 amide bonds. The molecule has 14 nitrogen and oxygen atoms in total. The number of hydrogen-bond donors (Lipinski definition) is 0. The van der Waals surface area contributed by atoms with E-state index in [0.717, 1.165) is 42.0 Å². The van der Waals surface area contributed by atoms with Crippen molar-refractivity contribution in [3.05, 3.63) is 84.9 Å². The lowest BCUT2D eigenvalue weighted by Gasteiger charge is -2.26. The highest BCUT2D eigenvalue weighted by atomic mass is 32.1. The topological polar surface area (TPSA) is 161 Å². The van der Waals surface area contributed by atoms with Crippen LogP contribution in [-0.4, -0.2) is 74.8 Å². The summed E-state index contributed by atoms with van der Waals surface area (Å²) >= 11 is 1.46. The van der Waals surface area contributed by atoms with E-state index >= 15 is 0 Å². The minimum absolute atomic E-state index is 0.234. The van der Waals surface area contributed by atoms with E-state index in [1.807, 2.05) is 24.3 Å². The van der Waals surface area contributed by atoms with Crippen molar-refractivity contribution < 1.29 is 52.3 Å². The van der Waals surface area contributed by atoms with Gasteiger partial charge in [0.05, 0.1) is 61.2 Å². The first-order valence-corrected chi connectivity index (χ1v) is 19.8. The molecule has 0 N–H and O–H groups in total. The van der Waals surface area contributed by atoms with Crippen LogP contribution in [-0.2, 0) is 33.4 Å². The molecule has 1 saturated heterocycles. The van der Waals surface area contributed by atoms with Gasteiger partial charge in [0.25, 0.3) is 6.47 Å². The van der Waals surface area contributed by atoms with Gasteiger partial charge in [-0.15, -0.1) is 0 Å². The van der Waals surface area contributed by atoms with Gasteiger partial charge >= 0.3 is 17.9 Å². The quantitative estimate of drug-likeness (QED) is 0.0171. The lowest BCUT2D eigenvalue weighted by Crippen LogP contribution is -2.30. The van der Waals surface area contributed by atoms with Crippen LogP contribution in [0.25, 0.3) is 10.2 Å². The van der Waals surface area contributed by atoms with Crippen molar-refractivity contribution in [2.45, 2.75) is 57.7 Å². The fraction of sp³-hybridized carbons (Fsp3) is 0.381. The van der Waals surface area contributed by atoms with E-state index < -0.39 is 24.1 Å². The van der Waals surface area contributed by atoms with Crippen LogP contribution < -0.4 is 24.0 Å². The Kier molecular flexibility index (Phi) is 15.1. The lowest BCUT2D eigenvalue weighted by atomic mass is 9.82. The van der Waals surface area contributed by atoms with Crippen molar-refractivity contribution in [3.63, 3.8) is 0 Å². The van der Waals surface area contributed by atoms with E-state index in [0.29, 0.717) is 80.8 Å². The summed E-state index contributed by atoms with van der Waals surface area (Å²) in [4.78, 5) is 53.4. The number of rotatable bonds is 20. The molecule has 4 aromatic rings. The molecule has 1 aliphatic heterocycles. The highest BCUT2D eigenvalue weighted by molar-refractivity contribution is 7.22. The maximum absolute atomic E-state index is 13.5. The Morgan fingerprint density at radius 2 is 1.51 bits per heavy atom. The number of nitrogens with zero attached hydrogens (tertiary/aromatic N) is 3. The standard InChI is InChI=1S/C42H45N3O11S/c1-2-38(47)51-22-8-4-3-7-21-50-32-15-17-33(18-16-32)55-40(48)29-11-13-30(14-12-29)41(49)56-36-20-19-34(54-28-46)25-31(36)26-43-45(27-39-52-23-24-53-39)42-44-35-9-5-6-10-37(35)57-42/h2,5-6,9-10,15-20,25-26,28-30,39H,1,3-4,7-8,11-14,21-24,27H2/b43-26+. The monoisotopic (exact) mass is 799 g/mol. The maximum atomic E-state index is 13.5. The van der Waals surface area contributed by atoms with Crippen molar-refractivity contribution in [2.75, 3.05) is 38.0 Å². The lowest BCUT2D eigenvalue weighted by molar-refractivity contribution is -0.145. The zero-order valence-electron chi connectivity index (χ0n) is 31.5. The predicted molar refractivity (Wildman–Crippen MR) is 212 cm³/mol. The van der Waals surface area contributed by atoms with Crippen molar-refractivity contribution in [1.82, 2.24) is 4.98 Å². The molecular weight excluding hydrogens is 755 g/mol. The van der Waals surface area contributed by atoms with Gasteiger partial charge in [-0.1, -0.05) is 30.0 Å². The van der Waals surface area contributed by atoms with Crippen LogP contribution in [0.15, 0.2) is 84.5 Å². The van der Waals surface area contributed by atoms with E-state index in [2.05, 4.69) is 6.58 Å². The van der Waals surface area contributed by atoms with Gasteiger partial charge in [0.15, 0.2) is 6.29 Å². The van der Waals surface area contributed by atoms with Crippen molar-refractivity contribution in [2.24, 2.45) is 16.9 Å². The average molecular weight is 800 g/mol. The molecule has 6 rings (SSSR count). The molecule has 0 atom stereocenters. The van der Waals surface area contributed by atoms with E-state index in [-0.39, 0.29) is 29.9 Å². The van der Waals surface area contributed by atoms with Gasteiger partial charge in [-0.05, 0) is 106 Å².